The number of halogens is 2. The molecule has 6 aromatic rings. The van der Waals surface area contributed by atoms with E-state index in [-0.39, 0.29) is 40.4 Å². The van der Waals surface area contributed by atoms with Crippen LogP contribution in [0.1, 0.15) is 60.7 Å². The van der Waals surface area contributed by atoms with Crippen molar-refractivity contribution >= 4 is 52.2 Å². The Hall–Kier alpha value is -5.24. The summed E-state index contributed by atoms with van der Waals surface area (Å²) in [5.41, 5.74) is 3.74. The van der Waals surface area contributed by atoms with Crippen LogP contribution in [0.15, 0.2) is 134 Å². The third kappa shape index (κ3) is 9.01. The van der Waals surface area contributed by atoms with Crippen molar-refractivity contribution in [2.24, 2.45) is 11.8 Å². The van der Waals surface area contributed by atoms with E-state index in [2.05, 4.69) is 114 Å². The van der Waals surface area contributed by atoms with E-state index in [1.165, 1.54) is 29.1 Å². The van der Waals surface area contributed by atoms with Gasteiger partial charge in [0.2, 0.25) is 5.88 Å². The molecule has 4 aromatic carbocycles. The monoisotopic (exact) mass is 847 g/mol. The summed E-state index contributed by atoms with van der Waals surface area (Å²) in [5, 5.41) is 14.0. The van der Waals surface area contributed by atoms with E-state index in [4.69, 9.17) is 14.5 Å². The molecule has 2 aliphatic rings. The molecule has 0 saturated heterocycles. The number of pyridine rings is 1. The number of aromatic nitrogens is 3. The summed E-state index contributed by atoms with van der Waals surface area (Å²) in [7, 11) is -0.413. The van der Waals surface area contributed by atoms with Gasteiger partial charge in [0.1, 0.15) is 11.9 Å². The molecule has 1 aliphatic heterocycles. The van der Waals surface area contributed by atoms with Crippen LogP contribution in [0.4, 0.5) is 4.39 Å². The van der Waals surface area contributed by atoms with Gasteiger partial charge in [-0.2, -0.15) is 0 Å². The zero-order valence-electron chi connectivity index (χ0n) is 32.3. The van der Waals surface area contributed by atoms with E-state index < -0.39 is 25.0 Å². The predicted molar refractivity (Wildman–Crippen MR) is 235 cm³/mol. The summed E-state index contributed by atoms with van der Waals surface area (Å²) in [6.07, 6.45) is 7.53. The Labute approximate surface area is 345 Å². The van der Waals surface area contributed by atoms with Crippen LogP contribution in [-0.4, -0.2) is 39.8 Å². The van der Waals surface area contributed by atoms with Crippen molar-refractivity contribution in [1.29, 1.82) is 0 Å². The summed E-state index contributed by atoms with van der Waals surface area (Å²) in [5.74, 6) is -0.378. The molecule has 1 aliphatic carbocycles. The van der Waals surface area contributed by atoms with Gasteiger partial charge in [-0.15, -0.1) is 17.0 Å². The van der Waals surface area contributed by atoms with Crippen LogP contribution in [0.3, 0.4) is 0 Å². The predicted octanol–water partition coefficient (Wildman–Crippen LogP) is 9.53. The molecule has 1 saturated carbocycles. The average Bonchev–Trinajstić information content (AvgIpc) is 4.09. The zero-order valence-corrected chi connectivity index (χ0v) is 35.1. The van der Waals surface area contributed by atoms with Crippen LogP contribution in [0.5, 0.6) is 11.6 Å². The maximum atomic E-state index is 14.5. The molecule has 10 heteroatoms. The second-order valence-corrected chi connectivity index (χ2v) is 18.6. The molecule has 2 aromatic heterocycles. The molecule has 7 nitrogen and oxygen atoms in total. The fourth-order valence-electron chi connectivity index (χ4n) is 7.83. The molecule has 3 heterocycles. The van der Waals surface area contributed by atoms with Crippen molar-refractivity contribution in [2.45, 2.75) is 44.6 Å². The van der Waals surface area contributed by atoms with Crippen LogP contribution in [-0.2, 0) is 11.2 Å². The molecule has 294 valence electrons. The number of benzene rings is 4. The van der Waals surface area contributed by atoms with Crippen molar-refractivity contribution in [3.63, 3.8) is 0 Å². The number of carbonyl (C=O) groups is 1. The fraction of sp³-hybridized carbons (Fsp3) is 0.234. The molecule has 0 spiro atoms. The number of aryl methyl sites for hydroxylation is 1. The molecule has 3 atom stereocenters. The number of ether oxygens (including phenoxy) is 2. The summed E-state index contributed by atoms with van der Waals surface area (Å²) in [4.78, 5) is 24.8. The first-order valence-corrected chi connectivity index (χ1v) is 21.6. The summed E-state index contributed by atoms with van der Waals surface area (Å²) < 4.78 is 26.0. The van der Waals surface area contributed by atoms with E-state index in [0.29, 0.717) is 29.4 Å². The number of hydrogen-bond acceptors (Lipinski definition) is 6. The van der Waals surface area contributed by atoms with Gasteiger partial charge in [-0.1, -0.05) is 25.6 Å². The first kappa shape index (κ1) is 41.4. The van der Waals surface area contributed by atoms with E-state index in [1.54, 1.807) is 19.2 Å². The Balaban J connectivity index is 0.000000221. The summed E-state index contributed by atoms with van der Waals surface area (Å²) in [6, 6.07) is 40.3. The molecule has 1 fully saturated rings. The first-order chi connectivity index (χ1) is 27.2. The van der Waals surface area contributed by atoms with E-state index in [9.17, 15) is 14.3 Å². The van der Waals surface area contributed by atoms with Gasteiger partial charge in [0, 0.05) is 11.6 Å². The standard InChI is InChI=1S/C28H28FN3O4.C19H19P.BrH/c1-4-21-27(19-12-25(35-3)30-13-20(19)29)31-14-22(32-21)23-10-9-16-5-8-18(11-24(16)36-23)26(17-6-7-17)15(2)28(33)34;1-20(17-11-5-2-6-12-17,18-13-7-3-8-14-18)19-15-9-4-10-16-19;/h4-5,8,11-15,17,23,26H,1,6-7,9-10H2,2-3H3,(H,33,34);2-16,20H,1H3;1H/t15-,23?,26-;;/m0../s1. The number of methoxy groups -OCH3 is 1. The number of rotatable bonds is 11. The van der Waals surface area contributed by atoms with Crippen LogP contribution in [0.25, 0.3) is 17.3 Å². The van der Waals surface area contributed by atoms with Gasteiger partial charge in [-0.3, -0.25) is 9.78 Å². The van der Waals surface area contributed by atoms with Gasteiger partial charge in [0.25, 0.3) is 0 Å². The number of nitrogens with zero attached hydrogens (tertiary/aromatic N) is 3. The molecule has 1 unspecified atom stereocenters. The number of carboxylic acids is 1. The topological polar surface area (TPSA) is 94.4 Å². The van der Waals surface area contributed by atoms with Gasteiger partial charge < -0.3 is 14.6 Å². The van der Waals surface area contributed by atoms with Gasteiger partial charge in [-0.25, -0.2) is 14.4 Å². The van der Waals surface area contributed by atoms with E-state index >= 15 is 0 Å². The van der Waals surface area contributed by atoms with Crippen molar-refractivity contribution in [3.8, 4) is 22.9 Å². The number of aliphatic carboxylic acids is 1. The molecule has 8 rings (SSSR count). The Morgan fingerprint density at radius 1 is 0.895 bits per heavy atom. The molecular formula is C47H48BrFN3O4P. The number of fused-ring (bicyclic) bond motifs is 1. The summed E-state index contributed by atoms with van der Waals surface area (Å²) in [6.45, 7) is 8.05. The van der Waals surface area contributed by atoms with Gasteiger partial charge >= 0.3 is 127 Å². The molecule has 57 heavy (non-hydrogen) atoms. The second kappa shape index (κ2) is 18.4. The minimum atomic E-state index is -1.88. The zero-order chi connectivity index (χ0) is 39.2. The third-order valence-corrected chi connectivity index (χ3v) is 15.6. The van der Waals surface area contributed by atoms with Crippen molar-refractivity contribution in [3.05, 3.63) is 163 Å². The Bertz CT molecular complexity index is 2210. The molecule has 0 bridgehead atoms. The number of carboxylic acid groups (broad SMARTS) is 1. The summed E-state index contributed by atoms with van der Waals surface area (Å²) >= 11 is 0. The fourth-order valence-corrected chi connectivity index (χ4v) is 11.4. The van der Waals surface area contributed by atoms with E-state index in [0.717, 1.165) is 42.3 Å². The average molecular weight is 849 g/mol. The second-order valence-electron chi connectivity index (χ2n) is 14.7. The van der Waals surface area contributed by atoms with Gasteiger partial charge in [0.05, 0.1) is 42.5 Å². The van der Waals surface area contributed by atoms with E-state index in [1.807, 2.05) is 18.2 Å². The molecular weight excluding hydrogens is 800 g/mol. The molecule has 1 N–H and O–H groups in total. The van der Waals surface area contributed by atoms with Crippen LogP contribution in [0.2, 0.25) is 0 Å². The van der Waals surface area contributed by atoms with Gasteiger partial charge in [0.15, 0.2) is 5.82 Å². The van der Waals surface area contributed by atoms with Crippen LogP contribution < -0.4 is 25.4 Å². The molecule has 0 radical (unpaired) electrons. The van der Waals surface area contributed by atoms with Crippen molar-refractivity contribution in [2.75, 3.05) is 13.8 Å². The quantitative estimate of drug-likeness (QED) is 0.130. The number of hydrogen-bond donors (Lipinski definition) is 1. The maximum absolute atomic E-state index is 14.5. The van der Waals surface area contributed by atoms with Crippen molar-refractivity contribution in [1.82, 2.24) is 15.0 Å². The van der Waals surface area contributed by atoms with Crippen molar-refractivity contribution < 1.29 is 23.8 Å². The Morgan fingerprint density at radius 2 is 1.49 bits per heavy atom. The normalized spacial score (nSPS) is 15.9. The third-order valence-electron chi connectivity index (χ3n) is 11.2. The molecule has 0 amide bonds. The Kier molecular flexibility index (Phi) is 13.3. The van der Waals surface area contributed by atoms with Crippen LogP contribution in [0, 0.1) is 17.7 Å². The Morgan fingerprint density at radius 3 is 2.02 bits per heavy atom. The first-order valence-electron chi connectivity index (χ1n) is 19.1. The SMILES string of the molecule is Br.C=Cc1nc(C2CCc3ccc([C@H](C4CC4)[C@H](C)C(=O)O)cc3O2)cnc1-c1cc(OC)ncc1F.C[PH](c1ccccc1)(c1ccccc1)c1ccccc1. The van der Waals surface area contributed by atoms with Crippen LogP contribution >= 0.6 is 24.2 Å². The van der Waals surface area contributed by atoms with Gasteiger partial charge in [-0.05, 0) is 60.8 Å². The minimum absolute atomic E-state index is 0.